The number of esters is 2. The number of hydrogen-bond donors (Lipinski definition) is 2. The first kappa shape index (κ1) is 48.6. The number of ether oxygens (including phenoxy) is 9. The molecule has 0 unspecified atom stereocenters. The fourth-order valence-electron chi connectivity index (χ4n) is 9.75. The van der Waals surface area contributed by atoms with E-state index in [4.69, 9.17) is 42.6 Å². The number of aliphatic hydroxyl groups excluding tert-OH is 1. The lowest BCUT2D eigenvalue weighted by atomic mass is 9.73. The van der Waals surface area contributed by atoms with E-state index in [-0.39, 0.29) is 50.4 Å². The summed E-state index contributed by atoms with van der Waals surface area (Å²) >= 11 is 0. The van der Waals surface area contributed by atoms with E-state index in [0.717, 1.165) is 0 Å². The number of Topliss-reactive ketones (excluding diaryl/α,β-unsaturated/α-hetero) is 1. The first-order chi connectivity index (χ1) is 27.0. The van der Waals surface area contributed by atoms with Crippen LogP contribution < -0.4 is 0 Å². The molecule has 2 bridgehead atoms. The van der Waals surface area contributed by atoms with Gasteiger partial charge in [0.25, 0.3) is 0 Å². The van der Waals surface area contributed by atoms with Gasteiger partial charge in [-0.05, 0) is 74.9 Å². The molecular formula is C43H73NO14. The van der Waals surface area contributed by atoms with E-state index in [2.05, 4.69) is 0 Å². The van der Waals surface area contributed by atoms with Crippen LogP contribution in [0.1, 0.15) is 102 Å². The van der Waals surface area contributed by atoms with Gasteiger partial charge < -0.3 is 57.7 Å². The Kier molecular flexibility index (Phi) is 16.6. The van der Waals surface area contributed by atoms with Crippen LogP contribution in [-0.2, 0) is 57.0 Å². The Morgan fingerprint density at radius 2 is 1.60 bits per heavy atom. The molecule has 0 aromatic heterocycles. The van der Waals surface area contributed by atoms with E-state index >= 15 is 0 Å². The maximum absolute atomic E-state index is 14.5. The summed E-state index contributed by atoms with van der Waals surface area (Å²) in [6.45, 7) is 19.4. The average molecular weight is 828 g/mol. The Labute approximate surface area is 345 Å². The second-order valence-corrected chi connectivity index (χ2v) is 18.1. The van der Waals surface area contributed by atoms with E-state index in [1.807, 2.05) is 59.7 Å². The Hall–Kier alpha value is -2.05. The van der Waals surface area contributed by atoms with Crippen molar-refractivity contribution in [3.05, 3.63) is 12.2 Å². The number of likely N-dealkylation sites (N-methyl/N-ethyl adjacent to an activating group) is 1. The van der Waals surface area contributed by atoms with Crippen LogP contribution in [0.4, 0.5) is 0 Å². The standard InChI is InChI=1S/C43H73NO14/c1-15-31-43(11,49)37-25(4)33(46)23(2)21-42(10,52-19-17-16-18-51-37)36(58-40-34(47)30(44(12)13)20-24(3)53-40)26(5)35(27(6)39(48)56-31)57-32-22-41(9,50-14)38(28(7)54-32)55-29(8)45/h16-17,23-28,30-32,34-38,40,47,49H,15,18-22H2,1-14H3/b17-16-/t23-,24-,25+,26-,27-,28+,30+,31-,32+,34-,35+,36-,37-,38+,40+,41-,42+,43-/m1/s1. The minimum Gasteiger partial charge on any atom is -0.459 e. The zero-order chi connectivity index (χ0) is 43.5. The molecule has 15 nitrogen and oxygen atoms in total. The number of ketones is 1. The Bertz CT molecular complexity index is 1420. The van der Waals surface area contributed by atoms with Gasteiger partial charge in [0.15, 0.2) is 18.7 Å². The number of carbonyl (C=O) groups excluding carboxylic acids is 3. The van der Waals surface area contributed by atoms with Crippen LogP contribution in [0.5, 0.6) is 0 Å². The summed E-state index contributed by atoms with van der Waals surface area (Å²) in [5, 5.41) is 24.0. The largest absolute Gasteiger partial charge is 0.459 e. The molecule has 18 atom stereocenters. The molecule has 334 valence electrons. The summed E-state index contributed by atoms with van der Waals surface area (Å²) in [6.07, 6.45) is -4.22. The number of cyclic esters (lactones) is 1. The zero-order valence-electron chi connectivity index (χ0n) is 37.3. The van der Waals surface area contributed by atoms with Gasteiger partial charge in [-0.3, -0.25) is 14.4 Å². The molecule has 58 heavy (non-hydrogen) atoms. The summed E-state index contributed by atoms with van der Waals surface area (Å²) in [5.41, 5.74) is -4.05. The summed E-state index contributed by atoms with van der Waals surface area (Å²) in [5.74, 6) is -4.46. The number of carbonyl (C=O) groups is 3. The topological polar surface area (TPSA) is 178 Å². The van der Waals surface area contributed by atoms with Gasteiger partial charge in [0.05, 0.1) is 55.3 Å². The van der Waals surface area contributed by atoms with Crippen LogP contribution in [0.25, 0.3) is 0 Å². The molecular weight excluding hydrogens is 754 g/mol. The summed E-state index contributed by atoms with van der Waals surface area (Å²) in [7, 11) is 5.32. The molecule has 15 heteroatoms. The van der Waals surface area contributed by atoms with Crippen LogP contribution in [0.2, 0.25) is 0 Å². The van der Waals surface area contributed by atoms with Crippen molar-refractivity contribution in [1.29, 1.82) is 0 Å². The molecule has 3 saturated heterocycles. The molecule has 4 rings (SSSR count). The van der Waals surface area contributed by atoms with E-state index in [0.29, 0.717) is 6.42 Å². The molecule has 4 aliphatic heterocycles. The van der Waals surface area contributed by atoms with Gasteiger partial charge in [-0.25, -0.2) is 0 Å². The average Bonchev–Trinajstić information content (AvgIpc) is 3.14. The van der Waals surface area contributed by atoms with E-state index < -0.39 is 108 Å². The first-order valence-electron chi connectivity index (χ1n) is 21.1. The van der Waals surface area contributed by atoms with E-state index in [1.165, 1.54) is 14.0 Å². The maximum Gasteiger partial charge on any atom is 0.311 e. The van der Waals surface area contributed by atoms with Gasteiger partial charge >= 0.3 is 11.9 Å². The predicted octanol–water partition coefficient (Wildman–Crippen LogP) is 3.97. The highest BCUT2D eigenvalue weighted by atomic mass is 16.7. The van der Waals surface area contributed by atoms with Gasteiger partial charge in [-0.1, -0.05) is 39.8 Å². The molecule has 4 heterocycles. The Morgan fingerprint density at radius 1 is 0.948 bits per heavy atom. The molecule has 0 radical (unpaired) electrons. The van der Waals surface area contributed by atoms with Crippen molar-refractivity contribution >= 4 is 17.7 Å². The highest BCUT2D eigenvalue weighted by Crippen LogP contribution is 2.43. The van der Waals surface area contributed by atoms with Crippen LogP contribution in [0.3, 0.4) is 0 Å². The molecule has 0 amide bonds. The third-order valence-electron chi connectivity index (χ3n) is 13.1. The third-order valence-corrected chi connectivity index (χ3v) is 13.1. The Morgan fingerprint density at radius 3 is 2.21 bits per heavy atom. The molecule has 0 aromatic carbocycles. The van der Waals surface area contributed by atoms with Gasteiger partial charge in [-0.2, -0.15) is 0 Å². The monoisotopic (exact) mass is 828 g/mol. The van der Waals surface area contributed by atoms with Gasteiger partial charge in [0.2, 0.25) is 0 Å². The van der Waals surface area contributed by atoms with E-state index in [9.17, 15) is 24.6 Å². The van der Waals surface area contributed by atoms with Crippen molar-refractivity contribution in [3.8, 4) is 0 Å². The Balaban J connectivity index is 1.92. The lowest BCUT2D eigenvalue weighted by molar-refractivity contribution is -0.321. The fourth-order valence-corrected chi connectivity index (χ4v) is 9.75. The quantitative estimate of drug-likeness (QED) is 0.265. The summed E-state index contributed by atoms with van der Waals surface area (Å²) < 4.78 is 57.5. The number of fused-ring (bicyclic) bond motifs is 5. The van der Waals surface area contributed by atoms with Crippen molar-refractivity contribution in [2.75, 3.05) is 34.4 Å². The smallest absolute Gasteiger partial charge is 0.311 e. The van der Waals surface area contributed by atoms with Crippen molar-refractivity contribution in [2.45, 2.75) is 186 Å². The van der Waals surface area contributed by atoms with Gasteiger partial charge in [-0.15, -0.1) is 0 Å². The van der Waals surface area contributed by atoms with Gasteiger partial charge in [0.1, 0.15) is 29.2 Å². The van der Waals surface area contributed by atoms with Crippen molar-refractivity contribution < 1.29 is 67.2 Å². The number of hydrogen-bond acceptors (Lipinski definition) is 15. The molecule has 2 N–H and O–H groups in total. The normalized spacial score (nSPS) is 46.9. The van der Waals surface area contributed by atoms with Crippen LogP contribution in [0, 0.1) is 23.7 Å². The summed E-state index contributed by atoms with van der Waals surface area (Å²) in [4.78, 5) is 43.1. The van der Waals surface area contributed by atoms with Crippen molar-refractivity contribution in [1.82, 2.24) is 4.90 Å². The molecule has 0 aromatic rings. The zero-order valence-corrected chi connectivity index (χ0v) is 37.3. The van der Waals surface area contributed by atoms with Crippen LogP contribution in [-0.4, -0.2) is 152 Å². The summed E-state index contributed by atoms with van der Waals surface area (Å²) in [6, 6.07) is -0.289. The second kappa shape index (κ2) is 19.8. The number of methoxy groups -OCH3 is 1. The minimum absolute atomic E-state index is 0.0738. The number of rotatable bonds is 8. The highest BCUT2D eigenvalue weighted by molar-refractivity contribution is 5.83. The number of aliphatic hydroxyl groups is 2. The molecule has 0 spiro atoms. The van der Waals surface area contributed by atoms with Crippen molar-refractivity contribution in [3.63, 3.8) is 0 Å². The third kappa shape index (κ3) is 10.7. The predicted molar refractivity (Wildman–Crippen MR) is 212 cm³/mol. The fraction of sp³-hybridized carbons (Fsp3) is 0.884. The molecule has 0 saturated carbocycles. The SMILES string of the molecule is CC[C@H]1OC(=O)[C@H](C)[C@@H](O[C@H]2C[C@@](C)(OC)[C@@H](OC(C)=O)[C@H](C)O2)[C@@H](C)[C@@H](O[C@@H]2O[C@H](C)C[C@H](N(C)C)[C@H]2O)[C@]2(C)C[C@@H](C)C(=O)[C@H](C)[C@@H](OC/C=C\CO2)[C@]1(C)O. The number of nitrogens with zero attached hydrogens (tertiary/aromatic N) is 1. The lowest BCUT2D eigenvalue weighted by Gasteiger charge is -2.50. The maximum atomic E-state index is 14.5. The van der Waals surface area contributed by atoms with Gasteiger partial charge in [0, 0.05) is 44.2 Å². The first-order valence-corrected chi connectivity index (χ1v) is 21.1. The highest BCUT2D eigenvalue weighted by Gasteiger charge is 2.55. The lowest BCUT2D eigenvalue weighted by Crippen LogP contribution is -2.62. The molecule has 0 aliphatic carbocycles. The van der Waals surface area contributed by atoms with Crippen molar-refractivity contribution in [2.24, 2.45) is 23.7 Å². The van der Waals surface area contributed by atoms with Crippen LogP contribution >= 0.6 is 0 Å². The second-order valence-electron chi connectivity index (χ2n) is 18.1. The minimum atomic E-state index is -1.77. The molecule has 4 aliphatic rings. The van der Waals surface area contributed by atoms with Crippen LogP contribution in [0.15, 0.2) is 12.2 Å². The van der Waals surface area contributed by atoms with E-state index in [1.54, 1.807) is 40.7 Å². The molecule has 3 fully saturated rings.